The van der Waals surface area contributed by atoms with Crippen molar-refractivity contribution in [1.82, 2.24) is 0 Å². The lowest BCUT2D eigenvalue weighted by molar-refractivity contribution is -0.384. The summed E-state index contributed by atoms with van der Waals surface area (Å²) in [6.45, 7) is 1.83. The van der Waals surface area contributed by atoms with Crippen molar-refractivity contribution in [2.45, 2.75) is 6.92 Å². The molecule has 2 rings (SSSR count). The molecule has 20 heavy (non-hydrogen) atoms. The van der Waals surface area contributed by atoms with E-state index >= 15 is 0 Å². The molecule has 5 nitrogen and oxygen atoms in total. The van der Waals surface area contributed by atoms with Gasteiger partial charge in [0.25, 0.3) is 5.69 Å². The molecule has 0 aliphatic rings. The van der Waals surface area contributed by atoms with Gasteiger partial charge in [-0.05, 0) is 30.7 Å². The van der Waals surface area contributed by atoms with E-state index in [1.807, 2.05) is 6.92 Å². The Hall–Kier alpha value is -2.40. The van der Waals surface area contributed by atoms with Gasteiger partial charge in [0.2, 0.25) is 0 Å². The highest BCUT2D eigenvalue weighted by molar-refractivity contribution is 6.31. The van der Waals surface area contributed by atoms with Crippen LogP contribution in [0.1, 0.15) is 15.9 Å². The van der Waals surface area contributed by atoms with Gasteiger partial charge in [-0.25, -0.2) is 4.79 Å². The lowest BCUT2D eigenvalue weighted by Crippen LogP contribution is -2.08. The van der Waals surface area contributed by atoms with Crippen LogP contribution < -0.4 is 4.74 Å². The molecule has 0 radical (unpaired) electrons. The Labute approximate surface area is 119 Å². The third-order valence-electron chi connectivity index (χ3n) is 2.65. The molecule has 0 N–H and O–H groups in total. The van der Waals surface area contributed by atoms with Crippen molar-refractivity contribution in [3.8, 4) is 5.75 Å². The van der Waals surface area contributed by atoms with Crippen LogP contribution in [0, 0.1) is 17.0 Å². The Morgan fingerprint density at radius 1 is 1.25 bits per heavy atom. The second-order valence-electron chi connectivity index (χ2n) is 4.11. The molecule has 2 aromatic carbocycles. The van der Waals surface area contributed by atoms with E-state index in [2.05, 4.69) is 0 Å². The minimum absolute atomic E-state index is 0.107. The zero-order chi connectivity index (χ0) is 14.7. The second kappa shape index (κ2) is 5.71. The number of hydrogen-bond donors (Lipinski definition) is 0. The zero-order valence-corrected chi connectivity index (χ0v) is 11.3. The molecule has 0 amide bonds. The molecule has 0 spiro atoms. The fraction of sp³-hybridized carbons (Fsp3) is 0.0714. The molecule has 0 bridgehead atoms. The van der Waals surface area contributed by atoms with Crippen LogP contribution in [-0.4, -0.2) is 10.9 Å². The van der Waals surface area contributed by atoms with E-state index < -0.39 is 10.9 Å². The highest BCUT2D eigenvalue weighted by atomic mass is 35.5. The number of nitrogens with zero attached hydrogens (tertiary/aromatic N) is 1. The number of hydrogen-bond acceptors (Lipinski definition) is 4. The van der Waals surface area contributed by atoms with Crippen LogP contribution in [0.3, 0.4) is 0 Å². The first-order valence-electron chi connectivity index (χ1n) is 5.70. The summed E-state index contributed by atoms with van der Waals surface area (Å²) in [5, 5.41) is 11.1. The topological polar surface area (TPSA) is 69.4 Å². The molecule has 0 atom stereocenters. The summed E-state index contributed by atoms with van der Waals surface area (Å²) in [4.78, 5) is 22.0. The molecular weight excluding hydrogens is 282 g/mol. The van der Waals surface area contributed by atoms with E-state index in [1.165, 1.54) is 24.3 Å². The van der Waals surface area contributed by atoms with Crippen LogP contribution in [0.4, 0.5) is 5.69 Å². The summed E-state index contributed by atoms with van der Waals surface area (Å²) >= 11 is 5.93. The number of ether oxygens (including phenoxy) is 1. The summed E-state index contributed by atoms with van der Waals surface area (Å²) in [6, 6.07) is 10.2. The summed E-state index contributed by atoms with van der Waals surface area (Å²) in [5.74, 6) is -0.384. The number of halogens is 1. The maximum Gasteiger partial charge on any atom is 0.343 e. The van der Waals surface area contributed by atoms with Crippen molar-refractivity contribution in [1.29, 1.82) is 0 Å². The summed E-state index contributed by atoms with van der Waals surface area (Å²) < 4.78 is 5.13. The second-order valence-corrected chi connectivity index (χ2v) is 4.52. The standard InChI is InChI=1S/C14H10ClNO4/c1-9-5-6-12(8-13(9)15)20-14(17)10-3-2-4-11(7-10)16(18)19/h2-8H,1H3. The molecule has 102 valence electrons. The third-order valence-corrected chi connectivity index (χ3v) is 3.05. The Morgan fingerprint density at radius 2 is 2.00 bits per heavy atom. The van der Waals surface area contributed by atoms with Crippen LogP contribution in [-0.2, 0) is 0 Å². The Balaban J connectivity index is 2.21. The van der Waals surface area contributed by atoms with Crippen LogP contribution in [0.5, 0.6) is 5.75 Å². The molecular formula is C14H10ClNO4. The van der Waals surface area contributed by atoms with Gasteiger partial charge in [-0.15, -0.1) is 0 Å². The van der Waals surface area contributed by atoms with E-state index in [1.54, 1.807) is 12.1 Å². The van der Waals surface area contributed by atoms with E-state index in [-0.39, 0.29) is 17.0 Å². The molecule has 0 unspecified atom stereocenters. The number of carbonyl (C=O) groups is 1. The Bertz CT molecular complexity index is 685. The van der Waals surface area contributed by atoms with E-state index in [9.17, 15) is 14.9 Å². The molecule has 0 fully saturated rings. The number of carbonyl (C=O) groups excluding carboxylic acids is 1. The van der Waals surface area contributed by atoms with Crippen LogP contribution >= 0.6 is 11.6 Å². The van der Waals surface area contributed by atoms with Crippen molar-refractivity contribution in [3.63, 3.8) is 0 Å². The first-order chi connectivity index (χ1) is 9.47. The molecule has 0 heterocycles. The molecule has 6 heteroatoms. The van der Waals surface area contributed by atoms with Crippen LogP contribution in [0.15, 0.2) is 42.5 Å². The SMILES string of the molecule is Cc1ccc(OC(=O)c2cccc([N+](=O)[O-])c2)cc1Cl. The molecule has 0 aliphatic heterocycles. The van der Waals surface area contributed by atoms with Gasteiger partial charge in [0, 0.05) is 17.2 Å². The van der Waals surface area contributed by atoms with Gasteiger partial charge in [0.1, 0.15) is 5.75 Å². The van der Waals surface area contributed by atoms with Crippen molar-refractivity contribution in [3.05, 3.63) is 68.7 Å². The maximum atomic E-state index is 11.9. The minimum atomic E-state index is -0.673. The van der Waals surface area contributed by atoms with Gasteiger partial charge >= 0.3 is 5.97 Å². The number of rotatable bonds is 3. The summed E-state index contributed by atoms with van der Waals surface area (Å²) in [6.07, 6.45) is 0. The van der Waals surface area contributed by atoms with Gasteiger partial charge in [-0.2, -0.15) is 0 Å². The first-order valence-corrected chi connectivity index (χ1v) is 6.08. The number of nitro benzene ring substituents is 1. The third kappa shape index (κ3) is 3.13. The highest BCUT2D eigenvalue weighted by Crippen LogP contribution is 2.23. The first kappa shape index (κ1) is 14.0. The Morgan fingerprint density at radius 3 is 2.65 bits per heavy atom. The molecule has 0 aliphatic carbocycles. The summed E-state index contributed by atoms with van der Waals surface area (Å²) in [5.41, 5.74) is 0.805. The minimum Gasteiger partial charge on any atom is -0.423 e. The lowest BCUT2D eigenvalue weighted by atomic mass is 10.2. The van der Waals surface area contributed by atoms with E-state index in [0.29, 0.717) is 5.02 Å². The van der Waals surface area contributed by atoms with Gasteiger partial charge in [-0.1, -0.05) is 23.7 Å². The van der Waals surface area contributed by atoms with Crippen molar-refractivity contribution in [2.75, 3.05) is 0 Å². The average molecular weight is 292 g/mol. The zero-order valence-electron chi connectivity index (χ0n) is 10.5. The molecule has 0 saturated heterocycles. The normalized spacial score (nSPS) is 10.1. The predicted octanol–water partition coefficient (Wildman–Crippen LogP) is 3.78. The largest absolute Gasteiger partial charge is 0.423 e. The average Bonchev–Trinajstić information content (AvgIpc) is 2.43. The number of aryl methyl sites for hydroxylation is 1. The Kier molecular flexibility index (Phi) is 4.00. The van der Waals surface area contributed by atoms with Crippen LogP contribution in [0.25, 0.3) is 0 Å². The van der Waals surface area contributed by atoms with Gasteiger partial charge in [-0.3, -0.25) is 10.1 Å². The highest BCUT2D eigenvalue weighted by Gasteiger charge is 2.13. The van der Waals surface area contributed by atoms with E-state index in [0.717, 1.165) is 11.6 Å². The molecule has 2 aromatic rings. The number of esters is 1. The monoisotopic (exact) mass is 291 g/mol. The maximum absolute atomic E-state index is 11.9. The quantitative estimate of drug-likeness (QED) is 0.373. The van der Waals surface area contributed by atoms with Gasteiger partial charge in [0.05, 0.1) is 10.5 Å². The van der Waals surface area contributed by atoms with Crippen molar-refractivity contribution in [2.24, 2.45) is 0 Å². The number of nitro groups is 1. The van der Waals surface area contributed by atoms with Gasteiger partial charge in [0.15, 0.2) is 0 Å². The molecule has 0 aromatic heterocycles. The van der Waals surface area contributed by atoms with Crippen molar-refractivity contribution < 1.29 is 14.5 Å². The predicted molar refractivity (Wildman–Crippen MR) is 74.2 cm³/mol. The van der Waals surface area contributed by atoms with E-state index in [4.69, 9.17) is 16.3 Å². The van der Waals surface area contributed by atoms with Crippen molar-refractivity contribution >= 4 is 23.3 Å². The van der Waals surface area contributed by atoms with Gasteiger partial charge < -0.3 is 4.74 Å². The summed E-state index contributed by atoms with van der Waals surface area (Å²) in [7, 11) is 0. The fourth-order valence-corrected chi connectivity index (χ4v) is 1.72. The number of benzene rings is 2. The fourth-order valence-electron chi connectivity index (χ4n) is 1.55. The number of non-ortho nitro benzene ring substituents is 1. The smallest absolute Gasteiger partial charge is 0.343 e. The van der Waals surface area contributed by atoms with Crippen LogP contribution in [0.2, 0.25) is 5.02 Å². The lowest BCUT2D eigenvalue weighted by Gasteiger charge is -2.05. The molecule has 0 saturated carbocycles.